The lowest BCUT2D eigenvalue weighted by atomic mass is 10.2. The van der Waals surface area contributed by atoms with Gasteiger partial charge in [-0.25, -0.2) is 9.59 Å². The fourth-order valence-corrected chi connectivity index (χ4v) is 1.46. The van der Waals surface area contributed by atoms with E-state index in [2.05, 4.69) is 10.3 Å². The Hall–Kier alpha value is -2.15. The Bertz CT molecular complexity index is 476. The summed E-state index contributed by atoms with van der Waals surface area (Å²) in [5, 5.41) is 11.6. The van der Waals surface area contributed by atoms with Gasteiger partial charge in [-0.2, -0.15) is 0 Å². The monoisotopic (exact) mass is 280 g/mol. The van der Waals surface area contributed by atoms with Crippen LogP contribution in [0.15, 0.2) is 18.3 Å². The van der Waals surface area contributed by atoms with E-state index in [4.69, 9.17) is 5.11 Å². The molecule has 0 spiro atoms. The third-order valence-corrected chi connectivity index (χ3v) is 2.71. The number of urea groups is 1. The molecular formula is C13H20N4O3. The van der Waals surface area contributed by atoms with Gasteiger partial charge in [-0.05, 0) is 26.2 Å². The van der Waals surface area contributed by atoms with Crippen LogP contribution in [0.5, 0.6) is 0 Å². The zero-order chi connectivity index (χ0) is 15.1. The number of nitrogens with zero attached hydrogens (tertiary/aromatic N) is 3. The Morgan fingerprint density at radius 2 is 2.00 bits per heavy atom. The number of hydrogen-bond acceptors (Lipinski definition) is 4. The minimum atomic E-state index is -1.01. The highest BCUT2D eigenvalue weighted by Crippen LogP contribution is 2.01. The average Bonchev–Trinajstić information content (AvgIpc) is 2.42. The highest BCUT2D eigenvalue weighted by atomic mass is 16.4. The molecule has 1 rings (SSSR count). The molecule has 7 heteroatoms. The normalized spacial score (nSPS) is 10.4. The number of aromatic nitrogens is 1. The number of carboxylic acid groups (broad SMARTS) is 1. The van der Waals surface area contributed by atoms with Gasteiger partial charge in [0.15, 0.2) is 0 Å². The minimum absolute atomic E-state index is 0.158. The minimum Gasteiger partial charge on any atom is -0.478 e. The predicted octanol–water partition coefficient (Wildman–Crippen LogP) is 0.483. The molecule has 0 aliphatic heterocycles. The number of nitrogens with one attached hydrogen (secondary N) is 1. The molecule has 0 aliphatic carbocycles. The van der Waals surface area contributed by atoms with Gasteiger partial charge in [-0.15, -0.1) is 0 Å². The molecular weight excluding hydrogens is 260 g/mol. The maximum absolute atomic E-state index is 11.8. The average molecular weight is 280 g/mol. The molecule has 0 saturated heterocycles. The number of likely N-dealkylation sites (N-methyl/N-ethyl adjacent to an activating group) is 2. The van der Waals surface area contributed by atoms with E-state index in [9.17, 15) is 9.59 Å². The van der Waals surface area contributed by atoms with Crippen LogP contribution in [0.2, 0.25) is 0 Å². The highest BCUT2D eigenvalue weighted by molar-refractivity contribution is 5.87. The maximum atomic E-state index is 11.8. The Balaban J connectivity index is 2.48. The first-order valence-corrected chi connectivity index (χ1v) is 6.22. The van der Waals surface area contributed by atoms with Crippen molar-refractivity contribution in [2.24, 2.45) is 0 Å². The Morgan fingerprint density at radius 1 is 1.30 bits per heavy atom. The van der Waals surface area contributed by atoms with Crippen molar-refractivity contribution in [1.82, 2.24) is 20.1 Å². The molecule has 0 aromatic carbocycles. The third-order valence-electron chi connectivity index (χ3n) is 2.71. The predicted molar refractivity (Wildman–Crippen MR) is 74.6 cm³/mol. The topological polar surface area (TPSA) is 85.8 Å². The van der Waals surface area contributed by atoms with Crippen molar-refractivity contribution in [2.75, 3.05) is 34.2 Å². The third kappa shape index (κ3) is 5.23. The lowest BCUT2D eigenvalue weighted by Crippen LogP contribution is -2.40. The van der Waals surface area contributed by atoms with Gasteiger partial charge >= 0.3 is 12.0 Å². The molecule has 0 aliphatic rings. The fourth-order valence-electron chi connectivity index (χ4n) is 1.46. The molecule has 20 heavy (non-hydrogen) atoms. The number of carbonyl (C=O) groups excluding carboxylic acids is 1. The van der Waals surface area contributed by atoms with Gasteiger partial charge in [0.2, 0.25) is 0 Å². The molecule has 0 bridgehead atoms. The van der Waals surface area contributed by atoms with Gasteiger partial charge in [0.1, 0.15) is 0 Å². The van der Waals surface area contributed by atoms with Crippen LogP contribution in [-0.2, 0) is 6.54 Å². The summed E-state index contributed by atoms with van der Waals surface area (Å²) in [5.74, 6) is -1.01. The number of carbonyl (C=O) groups is 2. The molecule has 0 radical (unpaired) electrons. The standard InChI is InChI=1S/C13H20N4O3/c1-16(2)6-7-17(3)13(20)15-9-11-8-10(12(18)19)4-5-14-11/h4-5,8H,6-7,9H2,1-3H3,(H,15,20)(H,18,19). The number of carboxylic acids is 1. The van der Waals surface area contributed by atoms with Crippen molar-refractivity contribution in [1.29, 1.82) is 0 Å². The number of rotatable bonds is 6. The van der Waals surface area contributed by atoms with E-state index < -0.39 is 5.97 Å². The molecule has 0 fully saturated rings. The van der Waals surface area contributed by atoms with E-state index in [0.29, 0.717) is 12.2 Å². The summed E-state index contributed by atoms with van der Waals surface area (Å²) in [6.07, 6.45) is 1.42. The van der Waals surface area contributed by atoms with Crippen molar-refractivity contribution in [3.05, 3.63) is 29.6 Å². The van der Waals surface area contributed by atoms with Crippen LogP contribution < -0.4 is 5.32 Å². The number of aromatic carboxylic acids is 1. The Labute approximate surface area is 118 Å². The number of pyridine rings is 1. The quantitative estimate of drug-likeness (QED) is 0.791. The Kier molecular flexibility index (Phi) is 5.92. The second-order valence-corrected chi connectivity index (χ2v) is 4.72. The van der Waals surface area contributed by atoms with Crippen LogP contribution in [0, 0.1) is 0 Å². The van der Waals surface area contributed by atoms with Gasteiger partial charge in [-0.1, -0.05) is 0 Å². The number of amides is 2. The van der Waals surface area contributed by atoms with Gasteiger partial charge < -0.3 is 20.2 Å². The molecule has 0 unspecified atom stereocenters. The van der Waals surface area contributed by atoms with Gasteiger partial charge in [0.25, 0.3) is 0 Å². The van der Waals surface area contributed by atoms with Crippen molar-refractivity contribution in [3.8, 4) is 0 Å². The zero-order valence-electron chi connectivity index (χ0n) is 12.0. The van der Waals surface area contributed by atoms with E-state index in [1.54, 1.807) is 11.9 Å². The van der Waals surface area contributed by atoms with E-state index in [-0.39, 0.29) is 18.1 Å². The highest BCUT2D eigenvalue weighted by Gasteiger charge is 2.09. The lowest BCUT2D eigenvalue weighted by Gasteiger charge is -2.20. The van der Waals surface area contributed by atoms with E-state index in [1.165, 1.54) is 18.3 Å². The lowest BCUT2D eigenvalue weighted by molar-refractivity contribution is 0.0696. The molecule has 0 atom stereocenters. The van der Waals surface area contributed by atoms with Crippen LogP contribution in [0.25, 0.3) is 0 Å². The molecule has 1 aromatic rings. The van der Waals surface area contributed by atoms with Gasteiger partial charge in [0.05, 0.1) is 17.8 Å². The van der Waals surface area contributed by atoms with Crippen LogP contribution in [-0.4, -0.2) is 66.1 Å². The Morgan fingerprint density at radius 3 is 2.60 bits per heavy atom. The summed E-state index contributed by atoms with van der Waals surface area (Å²) in [6.45, 7) is 1.59. The summed E-state index contributed by atoms with van der Waals surface area (Å²) in [7, 11) is 5.58. The maximum Gasteiger partial charge on any atom is 0.335 e. The van der Waals surface area contributed by atoms with E-state index in [1.807, 2.05) is 19.0 Å². The van der Waals surface area contributed by atoms with Gasteiger partial charge in [-0.3, -0.25) is 4.98 Å². The van der Waals surface area contributed by atoms with Crippen molar-refractivity contribution in [2.45, 2.75) is 6.54 Å². The summed E-state index contributed by atoms with van der Waals surface area (Å²) in [6, 6.07) is 2.65. The first-order valence-electron chi connectivity index (χ1n) is 6.22. The fraction of sp³-hybridized carbons (Fsp3) is 0.462. The molecule has 2 N–H and O–H groups in total. The van der Waals surface area contributed by atoms with Crippen LogP contribution in [0.4, 0.5) is 4.79 Å². The first kappa shape index (κ1) is 15.9. The smallest absolute Gasteiger partial charge is 0.335 e. The zero-order valence-corrected chi connectivity index (χ0v) is 12.0. The van der Waals surface area contributed by atoms with Gasteiger partial charge in [0, 0.05) is 26.3 Å². The number of hydrogen-bond donors (Lipinski definition) is 2. The molecule has 2 amide bonds. The SMILES string of the molecule is CN(C)CCN(C)C(=O)NCc1cc(C(=O)O)ccn1. The molecule has 1 heterocycles. The van der Waals surface area contributed by atoms with Crippen LogP contribution >= 0.6 is 0 Å². The van der Waals surface area contributed by atoms with Crippen molar-refractivity contribution < 1.29 is 14.7 Å². The summed E-state index contributed by atoms with van der Waals surface area (Å²) in [5.41, 5.74) is 0.671. The molecule has 110 valence electrons. The van der Waals surface area contributed by atoms with Crippen LogP contribution in [0.1, 0.15) is 16.1 Å². The van der Waals surface area contributed by atoms with E-state index >= 15 is 0 Å². The van der Waals surface area contributed by atoms with E-state index in [0.717, 1.165) is 6.54 Å². The largest absolute Gasteiger partial charge is 0.478 e. The molecule has 0 saturated carbocycles. The second kappa shape index (κ2) is 7.44. The van der Waals surface area contributed by atoms with Crippen LogP contribution in [0.3, 0.4) is 0 Å². The first-order chi connectivity index (χ1) is 9.40. The van der Waals surface area contributed by atoms with Crippen molar-refractivity contribution >= 4 is 12.0 Å². The molecule has 1 aromatic heterocycles. The second-order valence-electron chi connectivity index (χ2n) is 4.72. The van der Waals surface area contributed by atoms with Crippen molar-refractivity contribution in [3.63, 3.8) is 0 Å². The molecule has 7 nitrogen and oxygen atoms in total. The summed E-state index contributed by atoms with van der Waals surface area (Å²) in [4.78, 5) is 30.2. The summed E-state index contributed by atoms with van der Waals surface area (Å²) < 4.78 is 0. The summed E-state index contributed by atoms with van der Waals surface area (Å²) >= 11 is 0.